The molecule has 1 atom stereocenters. The van der Waals surface area contributed by atoms with Crippen molar-refractivity contribution < 1.29 is 18.7 Å². The third kappa shape index (κ3) is 3.48. The molecule has 3 heterocycles. The number of carbonyl (C=O) groups excluding carboxylic acids is 1. The van der Waals surface area contributed by atoms with Gasteiger partial charge in [-0.1, -0.05) is 0 Å². The van der Waals surface area contributed by atoms with Crippen LogP contribution >= 0.6 is 0 Å². The highest BCUT2D eigenvalue weighted by Gasteiger charge is 2.27. The first-order chi connectivity index (χ1) is 12.7. The number of pyridine rings is 1. The highest BCUT2D eigenvalue weighted by molar-refractivity contribution is 5.95. The number of aromatic nitrogens is 1. The van der Waals surface area contributed by atoms with Gasteiger partial charge < -0.3 is 19.7 Å². The normalized spacial score (nSPS) is 19.4. The summed E-state index contributed by atoms with van der Waals surface area (Å²) in [6.07, 6.45) is 2.16. The second kappa shape index (κ2) is 7.29. The van der Waals surface area contributed by atoms with Crippen molar-refractivity contribution in [2.24, 2.45) is 5.92 Å². The van der Waals surface area contributed by atoms with E-state index in [1.165, 1.54) is 12.1 Å². The Kier molecular flexibility index (Phi) is 4.71. The van der Waals surface area contributed by atoms with Crippen LogP contribution in [0.2, 0.25) is 0 Å². The summed E-state index contributed by atoms with van der Waals surface area (Å²) in [4.78, 5) is 19.3. The van der Waals surface area contributed by atoms with Gasteiger partial charge in [-0.15, -0.1) is 0 Å². The van der Waals surface area contributed by atoms with E-state index in [-0.39, 0.29) is 24.2 Å². The summed E-state index contributed by atoms with van der Waals surface area (Å²) in [6, 6.07) is 8.03. The molecule has 0 bridgehead atoms. The van der Waals surface area contributed by atoms with Gasteiger partial charge in [0.2, 0.25) is 5.91 Å². The number of benzene rings is 1. The van der Waals surface area contributed by atoms with Gasteiger partial charge >= 0.3 is 0 Å². The van der Waals surface area contributed by atoms with Gasteiger partial charge in [-0.2, -0.15) is 0 Å². The number of ether oxygens (including phenoxy) is 2. The molecule has 1 aromatic carbocycles. The molecule has 1 N–H and O–H groups in total. The number of halogens is 1. The van der Waals surface area contributed by atoms with Crippen molar-refractivity contribution in [3.05, 3.63) is 47.9 Å². The van der Waals surface area contributed by atoms with Crippen molar-refractivity contribution in [2.75, 3.05) is 43.1 Å². The molecule has 2 aliphatic rings. The Labute approximate surface area is 150 Å². The van der Waals surface area contributed by atoms with Crippen molar-refractivity contribution in [2.45, 2.75) is 6.42 Å². The lowest BCUT2D eigenvalue weighted by Crippen LogP contribution is -2.38. The number of amides is 1. The van der Waals surface area contributed by atoms with Crippen LogP contribution in [-0.2, 0) is 16.0 Å². The van der Waals surface area contributed by atoms with Crippen molar-refractivity contribution >= 4 is 17.4 Å². The Hall–Kier alpha value is -2.67. The van der Waals surface area contributed by atoms with E-state index in [9.17, 15) is 9.18 Å². The zero-order valence-corrected chi connectivity index (χ0v) is 14.3. The first-order valence-electron chi connectivity index (χ1n) is 8.70. The molecular weight excluding hydrogens is 337 g/mol. The lowest BCUT2D eigenvalue weighted by Gasteiger charge is -2.30. The first kappa shape index (κ1) is 16.8. The van der Waals surface area contributed by atoms with E-state index in [0.717, 1.165) is 24.5 Å². The minimum Gasteiger partial charge on any atom is -0.492 e. The Morgan fingerprint density at radius 1 is 1.27 bits per heavy atom. The van der Waals surface area contributed by atoms with Gasteiger partial charge in [0.05, 0.1) is 24.8 Å². The second-order valence-corrected chi connectivity index (χ2v) is 6.43. The van der Waals surface area contributed by atoms with E-state index in [1.807, 2.05) is 6.07 Å². The second-order valence-electron chi connectivity index (χ2n) is 6.43. The summed E-state index contributed by atoms with van der Waals surface area (Å²) in [6.45, 7) is 3.03. The number of anilines is 2. The van der Waals surface area contributed by atoms with Gasteiger partial charge in [0.15, 0.2) is 5.82 Å². The summed E-state index contributed by atoms with van der Waals surface area (Å²) in [5.74, 6) is 0.540. The maximum absolute atomic E-state index is 13.4. The fourth-order valence-electron chi connectivity index (χ4n) is 3.29. The molecule has 1 fully saturated rings. The first-order valence-corrected chi connectivity index (χ1v) is 8.70. The van der Waals surface area contributed by atoms with Crippen molar-refractivity contribution in [1.29, 1.82) is 0 Å². The van der Waals surface area contributed by atoms with Crippen molar-refractivity contribution in [1.82, 2.24) is 4.98 Å². The van der Waals surface area contributed by atoms with Gasteiger partial charge in [0.25, 0.3) is 0 Å². The monoisotopic (exact) mass is 357 g/mol. The van der Waals surface area contributed by atoms with E-state index in [1.54, 1.807) is 18.3 Å². The molecule has 1 saturated heterocycles. The predicted molar refractivity (Wildman–Crippen MR) is 95.0 cm³/mol. The lowest BCUT2D eigenvalue weighted by atomic mass is 9.96. The summed E-state index contributed by atoms with van der Waals surface area (Å²) in [5, 5.41) is 2.97. The molecule has 1 amide bonds. The van der Waals surface area contributed by atoms with Crippen LogP contribution in [0.3, 0.4) is 0 Å². The molecule has 1 unspecified atom stereocenters. The molecule has 2 aliphatic heterocycles. The van der Waals surface area contributed by atoms with Crippen LogP contribution in [0.1, 0.15) is 5.56 Å². The average molecular weight is 357 g/mol. The minimum atomic E-state index is -0.373. The minimum absolute atomic E-state index is 0.151. The van der Waals surface area contributed by atoms with Crippen LogP contribution in [0.25, 0.3) is 0 Å². The van der Waals surface area contributed by atoms with Crippen LogP contribution in [0.4, 0.5) is 15.9 Å². The maximum atomic E-state index is 13.4. The Bertz CT molecular complexity index is 808. The topological polar surface area (TPSA) is 63.7 Å². The molecule has 0 spiro atoms. The van der Waals surface area contributed by atoms with Crippen molar-refractivity contribution in [3.63, 3.8) is 0 Å². The summed E-state index contributed by atoms with van der Waals surface area (Å²) < 4.78 is 24.5. The largest absolute Gasteiger partial charge is 0.492 e. The quantitative estimate of drug-likeness (QED) is 0.913. The number of nitrogens with zero attached hydrogens (tertiary/aromatic N) is 2. The zero-order chi connectivity index (χ0) is 17.9. The predicted octanol–water partition coefficient (Wildman–Crippen LogP) is 2.25. The molecule has 1 aromatic heterocycles. The van der Waals surface area contributed by atoms with Gasteiger partial charge in [-0.25, -0.2) is 9.37 Å². The summed E-state index contributed by atoms with van der Waals surface area (Å²) in [7, 11) is 0. The number of rotatable bonds is 3. The molecule has 6 nitrogen and oxygen atoms in total. The standard InChI is InChI=1S/C19H20FN3O3/c20-15-3-4-17-13(11-15)10-14(12-26-17)19(24)22-16-2-1-5-21-18(16)23-6-8-25-9-7-23/h1-5,11,14H,6-10,12H2,(H,22,24). The molecule has 0 saturated carbocycles. The van der Waals surface area contributed by atoms with Crippen molar-refractivity contribution in [3.8, 4) is 5.75 Å². The molecule has 26 heavy (non-hydrogen) atoms. The third-order valence-corrected chi connectivity index (χ3v) is 4.65. The third-order valence-electron chi connectivity index (χ3n) is 4.65. The highest BCUT2D eigenvalue weighted by Crippen LogP contribution is 2.30. The maximum Gasteiger partial charge on any atom is 0.231 e. The van der Waals surface area contributed by atoms with Crippen LogP contribution in [0.15, 0.2) is 36.5 Å². The summed E-state index contributed by atoms with van der Waals surface area (Å²) in [5.41, 5.74) is 1.39. The molecule has 4 rings (SSSR count). The zero-order valence-electron chi connectivity index (χ0n) is 14.3. The number of nitrogens with one attached hydrogen (secondary N) is 1. The van der Waals surface area contributed by atoms with Gasteiger partial charge in [-0.05, 0) is 42.3 Å². The lowest BCUT2D eigenvalue weighted by molar-refractivity contribution is -0.121. The fraction of sp³-hybridized carbons (Fsp3) is 0.368. The molecule has 0 aliphatic carbocycles. The number of hydrogen-bond donors (Lipinski definition) is 1. The number of carbonyl (C=O) groups is 1. The van der Waals surface area contributed by atoms with E-state index < -0.39 is 0 Å². The Balaban J connectivity index is 1.49. The number of hydrogen-bond acceptors (Lipinski definition) is 5. The molecular formula is C19H20FN3O3. The number of morpholine rings is 1. The molecule has 2 aromatic rings. The van der Waals surface area contributed by atoms with Crippen LogP contribution in [0, 0.1) is 11.7 Å². The molecule has 7 heteroatoms. The van der Waals surface area contributed by atoms with E-state index >= 15 is 0 Å². The van der Waals surface area contributed by atoms with Gasteiger partial charge in [0.1, 0.15) is 18.2 Å². The summed E-state index contributed by atoms with van der Waals surface area (Å²) >= 11 is 0. The van der Waals surface area contributed by atoms with Crippen LogP contribution in [-0.4, -0.2) is 43.8 Å². The molecule has 0 radical (unpaired) electrons. The highest BCUT2D eigenvalue weighted by atomic mass is 19.1. The van der Waals surface area contributed by atoms with Gasteiger partial charge in [-0.3, -0.25) is 4.79 Å². The average Bonchev–Trinajstić information content (AvgIpc) is 2.68. The fourth-order valence-corrected chi connectivity index (χ4v) is 3.29. The Morgan fingerprint density at radius 3 is 2.96 bits per heavy atom. The van der Waals surface area contributed by atoms with Crippen LogP contribution < -0.4 is 15.0 Å². The smallest absolute Gasteiger partial charge is 0.231 e. The van der Waals surface area contributed by atoms with Crippen LogP contribution in [0.5, 0.6) is 5.75 Å². The van der Waals surface area contributed by atoms with E-state index in [2.05, 4.69) is 15.2 Å². The Morgan fingerprint density at radius 2 is 2.12 bits per heavy atom. The van der Waals surface area contributed by atoms with E-state index in [0.29, 0.717) is 31.1 Å². The SMILES string of the molecule is O=C(Nc1cccnc1N1CCOCC1)C1COc2ccc(F)cc2C1. The van der Waals surface area contributed by atoms with E-state index in [4.69, 9.17) is 9.47 Å². The van der Waals surface area contributed by atoms with Gasteiger partial charge in [0, 0.05) is 19.3 Å². The molecule has 136 valence electrons. The number of fused-ring (bicyclic) bond motifs is 1.